The summed E-state index contributed by atoms with van der Waals surface area (Å²) in [7, 11) is 0. The zero-order valence-electron chi connectivity index (χ0n) is 9.28. The van der Waals surface area contributed by atoms with Crippen molar-refractivity contribution in [3.8, 4) is 0 Å². The molecule has 1 atom stereocenters. The molecule has 1 unspecified atom stereocenters. The SMILES string of the molecule is Clc1ccc2cc(NC3CCNC3)cnc2n1. The van der Waals surface area contributed by atoms with Gasteiger partial charge in [-0.1, -0.05) is 11.6 Å². The molecule has 0 aromatic carbocycles. The maximum absolute atomic E-state index is 5.82. The Hall–Kier alpha value is -1.39. The molecule has 17 heavy (non-hydrogen) atoms. The number of halogens is 1. The molecule has 0 radical (unpaired) electrons. The van der Waals surface area contributed by atoms with Gasteiger partial charge >= 0.3 is 0 Å². The van der Waals surface area contributed by atoms with Crippen molar-refractivity contribution in [2.24, 2.45) is 0 Å². The molecule has 1 aliphatic heterocycles. The van der Waals surface area contributed by atoms with Crippen LogP contribution in [0.4, 0.5) is 5.69 Å². The molecule has 3 heterocycles. The molecule has 2 N–H and O–H groups in total. The average molecular weight is 249 g/mol. The molecule has 4 nitrogen and oxygen atoms in total. The first-order valence-corrected chi connectivity index (χ1v) is 6.08. The van der Waals surface area contributed by atoms with Gasteiger partial charge in [-0.15, -0.1) is 0 Å². The molecule has 1 fully saturated rings. The topological polar surface area (TPSA) is 49.8 Å². The minimum absolute atomic E-state index is 0.478. The highest BCUT2D eigenvalue weighted by Gasteiger charge is 2.13. The van der Waals surface area contributed by atoms with Gasteiger partial charge in [-0.25, -0.2) is 9.97 Å². The van der Waals surface area contributed by atoms with E-state index < -0.39 is 0 Å². The number of nitrogens with zero attached hydrogens (tertiary/aromatic N) is 2. The van der Waals surface area contributed by atoms with E-state index in [0.29, 0.717) is 16.8 Å². The molecule has 0 amide bonds. The van der Waals surface area contributed by atoms with Crippen LogP contribution in [0.5, 0.6) is 0 Å². The molecule has 1 saturated heterocycles. The van der Waals surface area contributed by atoms with Crippen LogP contribution in [-0.2, 0) is 0 Å². The lowest BCUT2D eigenvalue weighted by atomic mass is 10.2. The third kappa shape index (κ3) is 2.33. The summed E-state index contributed by atoms with van der Waals surface area (Å²) in [4.78, 5) is 8.47. The molecule has 1 aliphatic rings. The number of rotatable bonds is 2. The molecule has 5 heteroatoms. The maximum Gasteiger partial charge on any atom is 0.160 e. The number of hydrogen-bond donors (Lipinski definition) is 2. The first-order valence-electron chi connectivity index (χ1n) is 5.71. The molecule has 0 bridgehead atoms. The van der Waals surface area contributed by atoms with Gasteiger partial charge in [-0.05, 0) is 31.2 Å². The summed E-state index contributed by atoms with van der Waals surface area (Å²) < 4.78 is 0. The van der Waals surface area contributed by atoms with Gasteiger partial charge in [0.15, 0.2) is 5.65 Å². The Labute approximate surface area is 104 Å². The Balaban J connectivity index is 1.88. The zero-order chi connectivity index (χ0) is 11.7. The normalized spacial score (nSPS) is 19.7. The second kappa shape index (κ2) is 4.47. The Morgan fingerprint density at radius 1 is 1.41 bits per heavy atom. The second-order valence-corrected chi connectivity index (χ2v) is 4.63. The van der Waals surface area contributed by atoms with Crippen LogP contribution in [0, 0.1) is 0 Å². The van der Waals surface area contributed by atoms with Crippen LogP contribution in [0.1, 0.15) is 6.42 Å². The molecule has 2 aromatic heterocycles. The standard InChI is InChI=1S/C12H13ClN4/c13-11-2-1-8-5-10(7-15-12(8)17-11)16-9-3-4-14-6-9/h1-2,5,7,9,14,16H,3-4,6H2. The molecule has 2 aromatic rings. The van der Waals surface area contributed by atoms with Crippen LogP contribution < -0.4 is 10.6 Å². The Morgan fingerprint density at radius 2 is 2.35 bits per heavy atom. The highest BCUT2D eigenvalue weighted by Crippen LogP contribution is 2.18. The van der Waals surface area contributed by atoms with E-state index in [9.17, 15) is 0 Å². The summed E-state index contributed by atoms with van der Waals surface area (Å²) in [5, 5.41) is 8.27. The van der Waals surface area contributed by atoms with E-state index in [1.165, 1.54) is 0 Å². The monoisotopic (exact) mass is 248 g/mol. The van der Waals surface area contributed by atoms with Crippen molar-refractivity contribution in [3.05, 3.63) is 29.5 Å². The van der Waals surface area contributed by atoms with Crippen molar-refractivity contribution in [1.82, 2.24) is 15.3 Å². The van der Waals surface area contributed by atoms with Gasteiger partial charge < -0.3 is 10.6 Å². The fourth-order valence-corrected chi connectivity index (χ4v) is 2.22. The van der Waals surface area contributed by atoms with Crippen molar-refractivity contribution >= 4 is 28.3 Å². The van der Waals surface area contributed by atoms with Crippen LogP contribution in [0.15, 0.2) is 24.4 Å². The molecule has 0 saturated carbocycles. The van der Waals surface area contributed by atoms with E-state index >= 15 is 0 Å². The smallest absolute Gasteiger partial charge is 0.160 e. The third-order valence-corrected chi connectivity index (χ3v) is 3.15. The summed E-state index contributed by atoms with van der Waals surface area (Å²) in [5.74, 6) is 0. The minimum Gasteiger partial charge on any atom is -0.380 e. The third-order valence-electron chi connectivity index (χ3n) is 2.94. The molecule has 0 spiro atoms. The Kier molecular flexibility index (Phi) is 2.82. The number of nitrogens with one attached hydrogen (secondary N) is 2. The number of hydrogen-bond acceptors (Lipinski definition) is 4. The predicted molar refractivity (Wildman–Crippen MR) is 69.4 cm³/mol. The Bertz CT molecular complexity index is 537. The van der Waals surface area contributed by atoms with E-state index in [1.54, 1.807) is 6.07 Å². The summed E-state index contributed by atoms with van der Waals surface area (Å²) in [6.07, 6.45) is 2.96. The van der Waals surface area contributed by atoms with Crippen molar-refractivity contribution in [2.45, 2.75) is 12.5 Å². The lowest BCUT2D eigenvalue weighted by Gasteiger charge is -2.12. The van der Waals surface area contributed by atoms with E-state index in [4.69, 9.17) is 11.6 Å². The van der Waals surface area contributed by atoms with Gasteiger partial charge in [0.2, 0.25) is 0 Å². The highest BCUT2D eigenvalue weighted by molar-refractivity contribution is 6.29. The molecular formula is C12H13ClN4. The Morgan fingerprint density at radius 3 is 3.18 bits per heavy atom. The number of anilines is 1. The van der Waals surface area contributed by atoms with Crippen molar-refractivity contribution in [3.63, 3.8) is 0 Å². The van der Waals surface area contributed by atoms with Crippen LogP contribution in [-0.4, -0.2) is 29.1 Å². The van der Waals surface area contributed by atoms with Crippen molar-refractivity contribution < 1.29 is 0 Å². The lowest BCUT2D eigenvalue weighted by Crippen LogP contribution is -2.22. The largest absolute Gasteiger partial charge is 0.380 e. The summed E-state index contributed by atoms with van der Waals surface area (Å²) >= 11 is 5.82. The highest BCUT2D eigenvalue weighted by atomic mass is 35.5. The van der Waals surface area contributed by atoms with Crippen molar-refractivity contribution in [2.75, 3.05) is 18.4 Å². The molecular weight excluding hydrogens is 236 g/mol. The fraction of sp³-hybridized carbons (Fsp3) is 0.333. The minimum atomic E-state index is 0.478. The van der Waals surface area contributed by atoms with Gasteiger partial charge in [0.25, 0.3) is 0 Å². The predicted octanol–water partition coefficient (Wildman–Crippen LogP) is 2.06. The van der Waals surface area contributed by atoms with Gasteiger partial charge in [-0.2, -0.15) is 0 Å². The fourth-order valence-electron chi connectivity index (χ4n) is 2.08. The number of pyridine rings is 2. The summed E-state index contributed by atoms with van der Waals surface area (Å²) in [6, 6.07) is 6.28. The van der Waals surface area contributed by atoms with E-state index in [-0.39, 0.29) is 0 Å². The van der Waals surface area contributed by atoms with Crippen LogP contribution in [0.3, 0.4) is 0 Å². The van der Waals surface area contributed by atoms with E-state index in [1.807, 2.05) is 12.3 Å². The first-order chi connectivity index (χ1) is 8.31. The molecule has 88 valence electrons. The van der Waals surface area contributed by atoms with Crippen molar-refractivity contribution in [1.29, 1.82) is 0 Å². The number of fused-ring (bicyclic) bond motifs is 1. The average Bonchev–Trinajstić information content (AvgIpc) is 2.82. The maximum atomic E-state index is 5.82. The van der Waals surface area contributed by atoms with Crippen LogP contribution >= 0.6 is 11.6 Å². The van der Waals surface area contributed by atoms with Crippen LogP contribution in [0.2, 0.25) is 5.15 Å². The lowest BCUT2D eigenvalue weighted by molar-refractivity contribution is 0.793. The molecule has 0 aliphatic carbocycles. The second-order valence-electron chi connectivity index (χ2n) is 4.24. The van der Waals surface area contributed by atoms with E-state index in [2.05, 4.69) is 26.7 Å². The van der Waals surface area contributed by atoms with Crippen LogP contribution in [0.25, 0.3) is 11.0 Å². The summed E-state index contributed by atoms with van der Waals surface area (Å²) in [6.45, 7) is 2.09. The van der Waals surface area contributed by atoms with Gasteiger partial charge in [0, 0.05) is 18.0 Å². The van der Waals surface area contributed by atoms with E-state index in [0.717, 1.165) is 30.6 Å². The van der Waals surface area contributed by atoms with Gasteiger partial charge in [0.05, 0.1) is 11.9 Å². The molecule has 3 rings (SSSR count). The quantitative estimate of drug-likeness (QED) is 0.799. The van der Waals surface area contributed by atoms with Gasteiger partial charge in [-0.3, -0.25) is 0 Å². The number of aromatic nitrogens is 2. The van der Waals surface area contributed by atoms with Gasteiger partial charge in [0.1, 0.15) is 5.15 Å². The first kappa shape index (κ1) is 10.7. The summed E-state index contributed by atoms with van der Waals surface area (Å²) in [5.41, 5.74) is 1.72. The zero-order valence-corrected chi connectivity index (χ0v) is 10.0.